The van der Waals surface area contributed by atoms with Gasteiger partial charge in [0.25, 0.3) is 0 Å². The Morgan fingerprint density at radius 3 is 2.28 bits per heavy atom. The third kappa shape index (κ3) is 2.87. The molecule has 2 aromatic rings. The maximum atomic E-state index is 13.1. The molecule has 2 bridgehead atoms. The van der Waals surface area contributed by atoms with Gasteiger partial charge in [-0.2, -0.15) is 0 Å². The van der Waals surface area contributed by atoms with Crippen LogP contribution in [0.25, 0.3) is 0 Å². The van der Waals surface area contributed by atoms with Gasteiger partial charge in [0.05, 0.1) is 28.1 Å². The smallest absolute Gasteiger partial charge is 0.345 e. The first kappa shape index (κ1) is 18.6. The second-order valence-corrected chi connectivity index (χ2v) is 8.72. The lowest BCUT2D eigenvalue weighted by Gasteiger charge is -2.20. The minimum Gasteiger partial charge on any atom is -0.421 e. The highest BCUT2D eigenvalue weighted by molar-refractivity contribution is 6.36. The van der Waals surface area contributed by atoms with Gasteiger partial charge in [0, 0.05) is 5.02 Å². The summed E-state index contributed by atoms with van der Waals surface area (Å²) in [4.78, 5) is 40.1. The van der Waals surface area contributed by atoms with Gasteiger partial charge in [-0.3, -0.25) is 9.59 Å². The van der Waals surface area contributed by atoms with Crippen LogP contribution in [-0.4, -0.2) is 17.8 Å². The van der Waals surface area contributed by atoms with Crippen LogP contribution >= 0.6 is 23.2 Å². The lowest BCUT2D eigenvalue weighted by atomic mass is 9.81. The number of ether oxygens (including phenoxy) is 1. The lowest BCUT2D eigenvalue weighted by molar-refractivity contribution is -0.123. The minimum atomic E-state index is -0.682. The van der Waals surface area contributed by atoms with Gasteiger partial charge in [-0.1, -0.05) is 35.3 Å². The molecule has 1 saturated heterocycles. The van der Waals surface area contributed by atoms with Crippen LogP contribution in [0.4, 0.5) is 5.69 Å². The Bertz CT molecular complexity index is 1020. The molecule has 2 aromatic carbocycles. The average Bonchev–Trinajstić information content (AvgIpc) is 3.36. The zero-order valence-electron chi connectivity index (χ0n) is 15.3. The molecular formula is C22H17Cl2NO4. The summed E-state index contributed by atoms with van der Waals surface area (Å²) in [6.45, 7) is 0. The summed E-state index contributed by atoms with van der Waals surface area (Å²) >= 11 is 12.0. The molecule has 0 spiro atoms. The lowest BCUT2D eigenvalue weighted by Crippen LogP contribution is -2.33. The van der Waals surface area contributed by atoms with Gasteiger partial charge in [0.15, 0.2) is 5.75 Å². The zero-order chi connectivity index (χ0) is 20.3. The molecule has 1 heterocycles. The number of rotatable bonds is 3. The van der Waals surface area contributed by atoms with E-state index in [-0.39, 0.29) is 51.8 Å². The number of nitrogens with zero attached hydrogens (tertiary/aromatic N) is 1. The number of fused-ring (bicyclic) bond motifs is 5. The quantitative estimate of drug-likeness (QED) is 0.401. The highest BCUT2D eigenvalue weighted by atomic mass is 35.5. The van der Waals surface area contributed by atoms with E-state index in [4.69, 9.17) is 27.9 Å². The third-order valence-corrected chi connectivity index (χ3v) is 6.94. The second-order valence-electron chi connectivity index (χ2n) is 7.88. The van der Waals surface area contributed by atoms with Crippen LogP contribution in [0.15, 0.2) is 42.5 Å². The Labute approximate surface area is 177 Å². The monoisotopic (exact) mass is 429 g/mol. The molecule has 3 fully saturated rings. The topological polar surface area (TPSA) is 63.7 Å². The van der Waals surface area contributed by atoms with Crippen molar-refractivity contribution in [3.05, 3.63) is 58.1 Å². The van der Waals surface area contributed by atoms with Crippen LogP contribution in [0.2, 0.25) is 10.0 Å². The number of esters is 1. The van der Waals surface area contributed by atoms with E-state index in [1.807, 2.05) is 0 Å². The van der Waals surface area contributed by atoms with Gasteiger partial charge in [0.1, 0.15) is 0 Å². The largest absolute Gasteiger partial charge is 0.421 e. The fourth-order valence-electron chi connectivity index (χ4n) is 5.18. The molecule has 7 heteroatoms. The number of anilines is 1. The first-order chi connectivity index (χ1) is 14.0. The molecule has 2 amide bonds. The van der Waals surface area contributed by atoms with E-state index in [0.717, 1.165) is 19.3 Å². The normalized spacial score (nSPS) is 27.4. The molecule has 5 rings (SSSR count). The summed E-state index contributed by atoms with van der Waals surface area (Å²) < 4.78 is 5.54. The number of hydrogen-bond acceptors (Lipinski definition) is 4. The van der Waals surface area contributed by atoms with E-state index in [0.29, 0.717) is 10.7 Å². The number of amides is 2. The summed E-state index contributed by atoms with van der Waals surface area (Å²) in [5.41, 5.74) is 0.453. The fraction of sp³-hybridized carbons (Fsp3) is 0.318. The molecule has 2 saturated carbocycles. The van der Waals surface area contributed by atoms with Crippen molar-refractivity contribution in [3.63, 3.8) is 0 Å². The van der Waals surface area contributed by atoms with Gasteiger partial charge >= 0.3 is 5.97 Å². The van der Waals surface area contributed by atoms with Crippen LogP contribution in [0.1, 0.15) is 29.6 Å². The fourth-order valence-corrected chi connectivity index (χ4v) is 5.67. The highest BCUT2D eigenvalue weighted by Gasteiger charge is 2.61. The van der Waals surface area contributed by atoms with E-state index >= 15 is 0 Å². The van der Waals surface area contributed by atoms with Crippen molar-refractivity contribution in [1.29, 1.82) is 0 Å². The van der Waals surface area contributed by atoms with E-state index in [9.17, 15) is 14.4 Å². The van der Waals surface area contributed by atoms with Crippen molar-refractivity contribution in [3.8, 4) is 5.75 Å². The number of para-hydroxylation sites is 2. The third-order valence-electron chi connectivity index (χ3n) is 6.39. The maximum absolute atomic E-state index is 13.1. The van der Waals surface area contributed by atoms with Crippen molar-refractivity contribution < 1.29 is 19.1 Å². The van der Waals surface area contributed by atoms with Gasteiger partial charge < -0.3 is 4.74 Å². The maximum Gasteiger partial charge on any atom is 0.345 e. The van der Waals surface area contributed by atoms with E-state index < -0.39 is 5.97 Å². The van der Waals surface area contributed by atoms with Gasteiger partial charge in [-0.25, -0.2) is 9.69 Å². The van der Waals surface area contributed by atoms with Crippen LogP contribution in [0, 0.1) is 23.7 Å². The van der Waals surface area contributed by atoms with Crippen molar-refractivity contribution >= 4 is 46.7 Å². The predicted octanol–water partition coefficient (Wildman–Crippen LogP) is 4.75. The van der Waals surface area contributed by atoms with E-state index in [1.54, 1.807) is 30.3 Å². The van der Waals surface area contributed by atoms with Crippen LogP contribution in [0.3, 0.4) is 0 Å². The van der Waals surface area contributed by atoms with Crippen molar-refractivity contribution in [2.75, 3.05) is 4.90 Å². The Hall–Kier alpha value is -2.37. The number of carbonyl (C=O) groups excluding carboxylic acids is 3. The molecule has 2 aliphatic carbocycles. The zero-order valence-corrected chi connectivity index (χ0v) is 16.8. The average molecular weight is 430 g/mol. The summed E-state index contributed by atoms with van der Waals surface area (Å²) in [7, 11) is 0. The number of imide groups is 1. The summed E-state index contributed by atoms with van der Waals surface area (Å²) in [5.74, 6) is -0.800. The standard InChI is InChI=1S/C22H17Cl2NO4/c23-13-7-8-14(15(24)10-13)22(28)29-17-4-2-1-3-16(17)25-20(26)18-11-5-6-12(9-11)19(18)21(25)27/h1-4,7-8,10-12,18-19H,5-6,9H2/t11-,12-,18+,19+/m0/s1. The first-order valence-electron chi connectivity index (χ1n) is 9.60. The van der Waals surface area contributed by atoms with Crippen molar-refractivity contribution in [2.45, 2.75) is 19.3 Å². The summed E-state index contributed by atoms with van der Waals surface area (Å²) in [6.07, 6.45) is 2.97. The van der Waals surface area contributed by atoms with Crippen LogP contribution in [0.5, 0.6) is 5.75 Å². The van der Waals surface area contributed by atoms with Gasteiger partial charge in [-0.15, -0.1) is 0 Å². The Balaban J connectivity index is 1.47. The van der Waals surface area contributed by atoms with Gasteiger partial charge in [-0.05, 0) is 61.4 Å². The number of benzene rings is 2. The van der Waals surface area contributed by atoms with Crippen molar-refractivity contribution in [2.24, 2.45) is 23.7 Å². The van der Waals surface area contributed by atoms with Crippen LogP contribution in [-0.2, 0) is 9.59 Å². The Kier molecular flexibility index (Phi) is 4.41. The molecular weight excluding hydrogens is 413 g/mol. The Morgan fingerprint density at radius 1 is 0.966 bits per heavy atom. The molecule has 5 nitrogen and oxygen atoms in total. The number of halogens is 2. The Morgan fingerprint density at radius 2 is 1.62 bits per heavy atom. The van der Waals surface area contributed by atoms with Gasteiger partial charge in [0.2, 0.25) is 11.8 Å². The summed E-state index contributed by atoms with van der Waals surface area (Å²) in [5, 5.41) is 0.570. The molecule has 3 aliphatic rings. The van der Waals surface area contributed by atoms with E-state index in [2.05, 4.69) is 0 Å². The molecule has 0 aromatic heterocycles. The molecule has 4 atom stereocenters. The SMILES string of the molecule is O=C(Oc1ccccc1N1C(=O)[C@@H]2[C@H]3CC[C@@H](C3)[C@H]2C1=O)c1ccc(Cl)cc1Cl. The molecule has 0 N–H and O–H groups in total. The summed E-state index contributed by atoms with van der Waals surface area (Å²) in [6, 6.07) is 11.1. The number of carbonyl (C=O) groups is 3. The first-order valence-corrected chi connectivity index (χ1v) is 10.4. The van der Waals surface area contributed by atoms with Crippen molar-refractivity contribution in [1.82, 2.24) is 0 Å². The molecule has 148 valence electrons. The van der Waals surface area contributed by atoms with E-state index in [1.165, 1.54) is 17.0 Å². The van der Waals surface area contributed by atoms with Crippen LogP contribution < -0.4 is 9.64 Å². The minimum absolute atomic E-state index is 0.150. The molecule has 0 unspecified atom stereocenters. The molecule has 29 heavy (non-hydrogen) atoms. The molecule has 1 aliphatic heterocycles. The number of hydrogen-bond donors (Lipinski definition) is 0. The second kappa shape index (κ2) is 6.85. The highest BCUT2D eigenvalue weighted by Crippen LogP contribution is 2.57. The molecule has 0 radical (unpaired) electrons. The predicted molar refractivity (Wildman–Crippen MR) is 108 cm³/mol.